The summed E-state index contributed by atoms with van der Waals surface area (Å²) in [4.78, 5) is 0.327. The van der Waals surface area contributed by atoms with Crippen molar-refractivity contribution in [1.29, 1.82) is 0 Å². The summed E-state index contributed by atoms with van der Waals surface area (Å²) in [5.41, 5.74) is 2.77. The molecule has 0 radical (unpaired) electrons. The molecule has 2 heteroatoms. The first-order valence-corrected chi connectivity index (χ1v) is 7.92. The predicted molar refractivity (Wildman–Crippen MR) is 80.4 cm³/mol. The summed E-state index contributed by atoms with van der Waals surface area (Å²) in [6.07, 6.45) is 4.27. The average Bonchev–Trinajstić information content (AvgIpc) is 2.84. The molecule has 0 aromatic heterocycles. The SMILES string of the molecule is CCC(C)c1ccc(C(Br)C2CCC(C)O2)cc1. The van der Waals surface area contributed by atoms with Gasteiger partial charge in [-0.25, -0.2) is 0 Å². The maximum absolute atomic E-state index is 5.93. The minimum absolute atomic E-state index is 0.327. The second-order valence-corrected chi connectivity index (χ2v) is 6.43. The Kier molecular flexibility index (Phi) is 4.85. The smallest absolute Gasteiger partial charge is 0.0745 e. The van der Waals surface area contributed by atoms with Crippen molar-refractivity contribution in [3.63, 3.8) is 0 Å². The number of rotatable bonds is 4. The zero-order chi connectivity index (χ0) is 13.1. The Morgan fingerprint density at radius 3 is 2.33 bits per heavy atom. The van der Waals surface area contributed by atoms with Crippen LogP contribution in [0.1, 0.15) is 61.9 Å². The third-order valence-electron chi connectivity index (χ3n) is 4.03. The molecule has 1 aromatic carbocycles. The highest BCUT2D eigenvalue weighted by Gasteiger charge is 2.28. The number of hydrogen-bond donors (Lipinski definition) is 0. The van der Waals surface area contributed by atoms with E-state index in [1.54, 1.807) is 0 Å². The predicted octanol–water partition coefficient (Wildman–Crippen LogP) is 5.20. The fourth-order valence-electron chi connectivity index (χ4n) is 2.51. The van der Waals surface area contributed by atoms with E-state index >= 15 is 0 Å². The molecule has 0 saturated carbocycles. The van der Waals surface area contributed by atoms with E-state index in [0.29, 0.717) is 23.0 Å². The van der Waals surface area contributed by atoms with Gasteiger partial charge in [-0.1, -0.05) is 54.0 Å². The van der Waals surface area contributed by atoms with Crippen molar-refractivity contribution < 1.29 is 4.74 Å². The van der Waals surface area contributed by atoms with Gasteiger partial charge in [0.05, 0.1) is 17.0 Å². The second-order valence-electron chi connectivity index (χ2n) is 5.44. The topological polar surface area (TPSA) is 9.23 Å². The van der Waals surface area contributed by atoms with Gasteiger partial charge < -0.3 is 4.74 Å². The molecule has 0 spiro atoms. The van der Waals surface area contributed by atoms with E-state index in [9.17, 15) is 0 Å². The largest absolute Gasteiger partial charge is 0.374 e. The van der Waals surface area contributed by atoms with Crippen molar-refractivity contribution >= 4 is 15.9 Å². The van der Waals surface area contributed by atoms with E-state index in [-0.39, 0.29) is 0 Å². The molecule has 100 valence electrons. The minimum Gasteiger partial charge on any atom is -0.374 e. The third-order valence-corrected chi connectivity index (χ3v) is 5.15. The van der Waals surface area contributed by atoms with Gasteiger partial charge in [0.15, 0.2) is 0 Å². The van der Waals surface area contributed by atoms with Crippen LogP contribution in [0, 0.1) is 0 Å². The summed E-state index contributed by atoms with van der Waals surface area (Å²) in [5.74, 6) is 0.649. The standard InChI is InChI=1S/C16H23BrO/c1-4-11(2)13-6-8-14(9-7-13)16(17)15-10-5-12(3)18-15/h6-9,11-12,15-16H,4-5,10H2,1-3H3. The summed E-state index contributed by atoms with van der Waals surface area (Å²) in [5, 5.41) is 0. The Balaban J connectivity index is 2.05. The summed E-state index contributed by atoms with van der Waals surface area (Å²) < 4.78 is 5.93. The molecule has 4 unspecified atom stereocenters. The maximum atomic E-state index is 5.93. The van der Waals surface area contributed by atoms with Crippen LogP contribution >= 0.6 is 15.9 Å². The molecule has 18 heavy (non-hydrogen) atoms. The molecule has 0 N–H and O–H groups in total. The van der Waals surface area contributed by atoms with E-state index in [2.05, 4.69) is 61.0 Å². The van der Waals surface area contributed by atoms with Gasteiger partial charge in [-0.15, -0.1) is 0 Å². The Labute approximate surface area is 119 Å². The molecule has 1 aliphatic heterocycles. The van der Waals surface area contributed by atoms with Crippen LogP contribution < -0.4 is 0 Å². The van der Waals surface area contributed by atoms with Gasteiger partial charge in [-0.2, -0.15) is 0 Å². The monoisotopic (exact) mass is 310 g/mol. The van der Waals surface area contributed by atoms with Crippen LogP contribution in [-0.2, 0) is 4.74 Å². The first-order valence-electron chi connectivity index (χ1n) is 7.01. The highest BCUT2D eigenvalue weighted by atomic mass is 79.9. The molecule has 1 fully saturated rings. The van der Waals surface area contributed by atoms with Gasteiger partial charge in [0.25, 0.3) is 0 Å². The van der Waals surface area contributed by atoms with Gasteiger partial charge in [0.1, 0.15) is 0 Å². The van der Waals surface area contributed by atoms with Crippen molar-refractivity contribution in [2.24, 2.45) is 0 Å². The first kappa shape index (κ1) is 14.1. The van der Waals surface area contributed by atoms with E-state index in [4.69, 9.17) is 4.74 Å². The molecular weight excluding hydrogens is 288 g/mol. The van der Waals surface area contributed by atoms with Crippen molar-refractivity contribution in [2.45, 2.75) is 63.0 Å². The number of hydrogen-bond acceptors (Lipinski definition) is 1. The van der Waals surface area contributed by atoms with Crippen molar-refractivity contribution in [3.8, 4) is 0 Å². The van der Waals surface area contributed by atoms with Crippen LogP contribution in [0.4, 0.5) is 0 Å². The Morgan fingerprint density at radius 1 is 1.22 bits per heavy atom. The van der Waals surface area contributed by atoms with E-state index in [1.807, 2.05) is 0 Å². The fourth-order valence-corrected chi connectivity index (χ4v) is 3.20. The van der Waals surface area contributed by atoms with Crippen LogP contribution in [0.2, 0.25) is 0 Å². The number of benzene rings is 1. The number of ether oxygens (including phenoxy) is 1. The molecule has 1 saturated heterocycles. The van der Waals surface area contributed by atoms with E-state index in [0.717, 1.165) is 6.42 Å². The van der Waals surface area contributed by atoms with Crippen LogP contribution in [0.5, 0.6) is 0 Å². The zero-order valence-corrected chi connectivity index (χ0v) is 13.1. The lowest BCUT2D eigenvalue weighted by Gasteiger charge is -2.19. The fraction of sp³-hybridized carbons (Fsp3) is 0.625. The maximum Gasteiger partial charge on any atom is 0.0745 e. The van der Waals surface area contributed by atoms with Crippen LogP contribution in [0.3, 0.4) is 0 Å². The molecule has 1 nitrogen and oxygen atoms in total. The summed E-state index contributed by atoms with van der Waals surface area (Å²) in [6, 6.07) is 9.01. The molecular formula is C16H23BrO. The Morgan fingerprint density at radius 2 is 1.83 bits per heavy atom. The van der Waals surface area contributed by atoms with Crippen LogP contribution in [0.15, 0.2) is 24.3 Å². The zero-order valence-electron chi connectivity index (χ0n) is 11.5. The summed E-state index contributed by atoms with van der Waals surface area (Å²) in [6.45, 7) is 6.67. The lowest BCUT2D eigenvalue weighted by atomic mass is 9.96. The van der Waals surface area contributed by atoms with Crippen LogP contribution in [-0.4, -0.2) is 12.2 Å². The normalized spacial score (nSPS) is 27.1. The number of alkyl halides is 1. The van der Waals surface area contributed by atoms with Crippen molar-refractivity contribution in [1.82, 2.24) is 0 Å². The average molecular weight is 311 g/mol. The summed E-state index contributed by atoms with van der Waals surface area (Å²) >= 11 is 3.79. The second kappa shape index (κ2) is 6.21. The van der Waals surface area contributed by atoms with Crippen LogP contribution in [0.25, 0.3) is 0 Å². The Hall–Kier alpha value is -0.340. The first-order chi connectivity index (χ1) is 8.61. The molecule has 1 aliphatic rings. The molecule has 1 aromatic rings. The van der Waals surface area contributed by atoms with E-state index in [1.165, 1.54) is 24.0 Å². The molecule has 1 heterocycles. The minimum atomic E-state index is 0.327. The molecule has 2 rings (SSSR count). The van der Waals surface area contributed by atoms with Gasteiger partial charge in [0, 0.05) is 0 Å². The van der Waals surface area contributed by atoms with Gasteiger partial charge in [0.2, 0.25) is 0 Å². The summed E-state index contributed by atoms with van der Waals surface area (Å²) in [7, 11) is 0. The van der Waals surface area contributed by atoms with Crippen molar-refractivity contribution in [2.75, 3.05) is 0 Å². The third kappa shape index (κ3) is 3.16. The molecule has 0 amide bonds. The lowest BCUT2D eigenvalue weighted by Crippen LogP contribution is -2.14. The van der Waals surface area contributed by atoms with Gasteiger partial charge in [-0.05, 0) is 43.2 Å². The van der Waals surface area contributed by atoms with Crippen molar-refractivity contribution in [3.05, 3.63) is 35.4 Å². The lowest BCUT2D eigenvalue weighted by molar-refractivity contribution is 0.0557. The quantitative estimate of drug-likeness (QED) is 0.694. The Bertz CT molecular complexity index is 373. The van der Waals surface area contributed by atoms with Gasteiger partial charge >= 0.3 is 0 Å². The molecule has 0 aliphatic carbocycles. The van der Waals surface area contributed by atoms with Gasteiger partial charge in [-0.3, -0.25) is 0 Å². The molecule has 4 atom stereocenters. The highest BCUT2D eigenvalue weighted by Crippen LogP contribution is 2.36. The number of halogens is 1. The highest BCUT2D eigenvalue weighted by molar-refractivity contribution is 9.09. The van der Waals surface area contributed by atoms with E-state index < -0.39 is 0 Å². The molecule has 0 bridgehead atoms.